The number of sulfonamides is 1. The van der Waals surface area contributed by atoms with Crippen molar-refractivity contribution in [3.05, 3.63) is 71.7 Å². The molecule has 0 aliphatic carbocycles. The van der Waals surface area contributed by atoms with Gasteiger partial charge < -0.3 is 19.9 Å². The summed E-state index contributed by atoms with van der Waals surface area (Å²) in [7, 11) is -6.63. The molecule has 0 saturated carbocycles. The number of benzene rings is 2. The van der Waals surface area contributed by atoms with Crippen LogP contribution >= 0.6 is 0 Å². The van der Waals surface area contributed by atoms with Crippen LogP contribution in [-0.2, 0) is 33.0 Å². The molecule has 296 valence electrons. The van der Waals surface area contributed by atoms with Crippen molar-refractivity contribution in [1.29, 1.82) is 0 Å². The summed E-state index contributed by atoms with van der Waals surface area (Å²) < 4.78 is 110. The first-order valence-corrected chi connectivity index (χ1v) is 26.0. The van der Waals surface area contributed by atoms with Crippen molar-refractivity contribution in [3.63, 3.8) is 0 Å². The summed E-state index contributed by atoms with van der Waals surface area (Å²) in [4.78, 5) is 19.6. The number of anilines is 1. The molecular formula is C35H43F4N7O6SSi2. The third-order valence-electron chi connectivity index (χ3n) is 8.47. The molecule has 2 aromatic carbocycles. The van der Waals surface area contributed by atoms with E-state index in [0.29, 0.717) is 19.3 Å². The number of halogens is 4. The van der Waals surface area contributed by atoms with Gasteiger partial charge in [-0.3, -0.25) is 14.1 Å². The van der Waals surface area contributed by atoms with E-state index < -0.39 is 82.9 Å². The molecule has 3 N–H and O–H groups in total. The highest BCUT2D eigenvalue weighted by atomic mass is 32.2. The zero-order valence-electron chi connectivity index (χ0n) is 31.5. The minimum atomic E-state index is -4.75. The summed E-state index contributed by atoms with van der Waals surface area (Å²) in [6.45, 7) is 13.4. The maximum Gasteiger partial charge on any atom is 0.267 e. The Morgan fingerprint density at radius 3 is 2.16 bits per heavy atom. The van der Waals surface area contributed by atoms with Crippen molar-refractivity contribution in [2.24, 2.45) is 5.73 Å². The lowest BCUT2D eigenvalue weighted by atomic mass is 10.0. The summed E-state index contributed by atoms with van der Waals surface area (Å²) in [5.74, 6) is -5.94. The molecule has 0 saturated heterocycles. The maximum absolute atomic E-state index is 16.9. The first-order chi connectivity index (χ1) is 25.7. The van der Waals surface area contributed by atoms with Crippen LogP contribution in [0.5, 0.6) is 5.88 Å². The molecule has 0 spiro atoms. The highest BCUT2D eigenvalue weighted by Crippen LogP contribution is 2.39. The monoisotopic (exact) mass is 821 g/mol. The summed E-state index contributed by atoms with van der Waals surface area (Å²) in [6.07, 6.45) is 1.99. The van der Waals surface area contributed by atoms with Gasteiger partial charge in [0.15, 0.2) is 22.4 Å². The van der Waals surface area contributed by atoms with Crippen LogP contribution in [0.25, 0.3) is 33.5 Å². The standard InChI is InChI=1S/C35H43F4N7O6SSi2/c1-50-35-27(16-21(36)17-42-35)53(48,49)44-25-11-10-24(37)28(30(25)39)22-8-9-23-31(43-46(32(23)29(22)38)20-52-13-15-55(5,6)7)34-41-18-26(33(40)47)45(34)19-51-12-14-54(2,3)4/h8-11,16-18,44H,12-15,19-20H2,1-7H3,(H2,40,47). The molecule has 0 atom stereocenters. The highest BCUT2D eigenvalue weighted by Gasteiger charge is 2.29. The van der Waals surface area contributed by atoms with Gasteiger partial charge in [-0.15, -0.1) is 0 Å². The van der Waals surface area contributed by atoms with E-state index in [1.54, 1.807) is 0 Å². The molecule has 5 rings (SSSR count). The van der Waals surface area contributed by atoms with Gasteiger partial charge in [-0.1, -0.05) is 45.3 Å². The number of methoxy groups -OCH3 is 1. The summed E-state index contributed by atoms with van der Waals surface area (Å²) >= 11 is 0. The average Bonchev–Trinajstić information content (AvgIpc) is 3.68. The van der Waals surface area contributed by atoms with Gasteiger partial charge in [-0.05, 0) is 30.3 Å². The molecule has 5 aromatic rings. The number of nitrogens with zero attached hydrogens (tertiary/aromatic N) is 5. The Morgan fingerprint density at radius 1 is 0.891 bits per heavy atom. The van der Waals surface area contributed by atoms with Crippen LogP contribution < -0.4 is 15.2 Å². The number of aromatic nitrogens is 5. The number of carbonyl (C=O) groups is 1. The molecule has 0 unspecified atom stereocenters. The molecule has 0 radical (unpaired) electrons. The van der Waals surface area contributed by atoms with Gasteiger partial charge in [0.25, 0.3) is 15.9 Å². The van der Waals surface area contributed by atoms with Gasteiger partial charge >= 0.3 is 0 Å². The van der Waals surface area contributed by atoms with Gasteiger partial charge in [-0.2, -0.15) is 5.10 Å². The second-order valence-electron chi connectivity index (χ2n) is 15.2. The number of ether oxygens (including phenoxy) is 3. The van der Waals surface area contributed by atoms with Crippen LogP contribution in [0.3, 0.4) is 0 Å². The number of fused-ring (bicyclic) bond motifs is 1. The van der Waals surface area contributed by atoms with Crippen molar-refractivity contribution >= 4 is 48.7 Å². The Kier molecular flexibility index (Phi) is 12.2. The lowest BCUT2D eigenvalue weighted by Crippen LogP contribution is -2.23. The highest BCUT2D eigenvalue weighted by molar-refractivity contribution is 7.92. The number of amides is 1. The lowest BCUT2D eigenvalue weighted by molar-refractivity contribution is 0.0802. The van der Waals surface area contributed by atoms with Crippen molar-refractivity contribution in [2.75, 3.05) is 25.0 Å². The van der Waals surface area contributed by atoms with E-state index in [1.165, 1.54) is 21.5 Å². The van der Waals surface area contributed by atoms with Crippen LogP contribution in [0.15, 0.2) is 47.6 Å². The fourth-order valence-electron chi connectivity index (χ4n) is 5.47. The molecule has 0 bridgehead atoms. The van der Waals surface area contributed by atoms with Gasteiger partial charge in [0, 0.05) is 46.4 Å². The molecule has 3 aromatic heterocycles. The van der Waals surface area contributed by atoms with Crippen LogP contribution in [0, 0.1) is 23.3 Å². The van der Waals surface area contributed by atoms with Crippen LogP contribution in [0.4, 0.5) is 23.2 Å². The van der Waals surface area contributed by atoms with Crippen LogP contribution in [-0.4, -0.2) is 75.1 Å². The number of primary amides is 1. The second-order valence-corrected chi connectivity index (χ2v) is 28.1. The zero-order chi connectivity index (χ0) is 40.5. The number of nitrogens with one attached hydrogen (secondary N) is 1. The molecule has 0 aliphatic heterocycles. The molecule has 0 fully saturated rings. The number of pyridine rings is 1. The van der Waals surface area contributed by atoms with Crippen LogP contribution in [0.1, 0.15) is 10.5 Å². The maximum atomic E-state index is 16.9. The van der Waals surface area contributed by atoms with E-state index in [2.05, 4.69) is 54.3 Å². The SMILES string of the molecule is COc1ncc(F)cc1S(=O)(=O)Nc1ccc(F)c(-c2ccc3c(-c4ncc(C(N)=O)n4COCC[Si](C)(C)C)nn(COCC[Si](C)(C)C)c3c2F)c1F. The molecular weight excluding hydrogens is 779 g/mol. The third kappa shape index (κ3) is 9.43. The quantitative estimate of drug-likeness (QED) is 0.0568. The normalized spacial score (nSPS) is 12.4. The van der Waals surface area contributed by atoms with Crippen molar-refractivity contribution < 1.29 is 45.0 Å². The molecule has 0 aliphatic rings. The Balaban J connectivity index is 1.63. The number of nitrogens with two attached hydrogens (primary N) is 1. The van der Waals surface area contributed by atoms with Crippen molar-refractivity contribution in [2.45, 2.75) is 69.7 Å². The van der Waals surface area contributed by atoms with E-state index in [0.717, 1.165) is 43.6 Å². The van der Waals surface area contributed by atoms with E-state index in [1.807, 2.05) is 4.72 Å². The number of hydrogen-bond donors (Lipinski definition) is 2. The van der Waals surface area contributed by atoms with E-state index in [9.17, 15) is 17.6 Å². The molecule has 1 amide bonds. The van der Waals surface area contributed by atoms with Crippen LogP contribution in [0.2, 0.25) is 51.4 Å². The van der Waals surface area contributed by atoms with E-state index >= 15 is 13.2 Å². The number of carbonyl (C=O) groups excluding carboxylic acids is 1. The largest absolute Gasteiger partial charge is 0.480 e. The molecule has 3 heterocycles. The van der Waals surface area contributed by atoms with E-state index in [-0.39, 0.29) is 41.6 Å². The predicted octanol–water partition coefficient (Wildman–Crippen LogP) is 7.05. The Bertz CT molecular complexity index is 2340. The smallest absolute Gasteiger partial charge is 0.267 e. The summed E-state index contributed by atoms with van der Waals surface area (Å²) in [6, 6.07) is 6.30. The topological polar surface area (TPSA) is 165 Å². The van der Waals surface area contributed by atoms with Gasteiger partial charge in [0.1, 0.15) is 42.0 Å². The summed E-state index contributed by atoms with van der Waals surface area (Å²) in [5.41, 5.74) is 3.35. The predicted molar refractivity (Wildman–Crippen MR) is 205 cm³/mol. The Morgan fingerprint density at radius 2 is 1.55 bits per heavy atom. The van der Waals surface area contributed by atoms with Gasteiger partial charge in [0.2, 0.25) is 5.88 Å². The minimum Gasteiger partial charge on any atom is -0.480 e. The summed E-state index contributed by atoms with van der Waals surface area (Å²) in [5, 5.41) is 4.77. The van der Waals surface area contributed by atoms with Crippen molar-refractivity contribution in [1.82, 2.24) is 24.3 Å². The van der Waals surface area contributed by atoms with Crippen molar-refractivity contribution in [3.8, 4) is 28.5 Å². The molecule has 20 heteroatoms. The first-order valence-electron chi connectivity index (χ1n) is 17.1. The number of hydrogen-bond acceptors (Lipinski definition) is 9. The van der Waals surface area contributed by atoms with Gasteiger partial charge in [0.05, 0.1) is 30.8 Å². The fraction of sp³-hybridized carbons (Fsp3) is 0.371. The fourth-order valence-corrected chi connectivity index (χ4v) is 8.18. The van der Waals surface area contributed by atoms with E-state index in [4.69, 9.17) is 19.9 Å². The zero-order valence-corrected chi connectivity index (χ0v) is 34.3. The third-order valence-corrected chi connectivity index (χ3v) is 13.2. The van der Waals surface area contributed by atoms with Gasteiger partial charge in [-0.25, -0.2) is 40.6 Å². The Labute approximate surface area is 317 Å². The lowest BCUT2D eigenvalue weighted by Gasteiger charge is -2.16. The second kappa shape index (κ2) is 16.2. The number of rotatable bonds is 17. The number of imidazole rings is 1. The Hall–Kier alpha value is -4.64. The average molecular weight is 822 g/mol. The minimum absolute atomic E-state index is 0.0178. The molecule has 13 nitrogen and oxygen atoms in total. The first kappa shape index (κ1) is 41.5. The molecule has 55 heavy (non-hydrogen) atoms.